The molecule has 1 fully saturated rings. The van der Waals surface area contributed by atoms with Crippen LogP contribution in [0.25, 0.3) is 22.0 Å². The number of H-pyrrole nitrogens is 1. The second-order valence-corrected chi connectivity index (χ2v) is 6.26. The zero-order valence-electron chi connectivity index (χ0n) is 13.2. The molecule has 1 aliphatic heterocycles. The van der Waals surface area contributed by atoms with Gasteiger partial charge in [0.2, 0.25) is 0 Å². The molecule has 1 saturated heterocycles. The first-order chi connectivity index (χ1) is 12.1. The highest BCUT2D eigenvalue weighted by molar-refractivity contribution is 5.89. The second-order valence-electron chi connectivity index (χ2n) is 6.26. The van der Waals surface area contributed by atoms with E-state index in [-0.39, 0.29) is 6.61 Å². The summed E-state index contributed by atoms with van der Waals surface area (Å²) in [4.78, 5) is 0. The molecule has 0 radical (unpaired) electrons. The number of fused-ring (bicyclic) bond motifs is 1. The van der Waals surface area contributed by atoms with E-state index >= 15 is 0 Å². The van der Waals surface area contributed by atoms with Crippen molar-refractivity contribution < 1.29 is 14.2 Å². The number of nitriles is 1. The second kappa shape index (κ2) is 5.76. The van der Waals surface area contributed by atoms with Gasteiger partial charge in [-0.15, -0.1) is 0 Å². The van der Waals surface area contributed by atoms with Gasteiger partial charge < -0.3 is 15.2 Å². The number of hydrogen-bond acceptors (Lipinski definition) is 5. The third-order valence-electron chi connectivity index (χ3n) is 4.47. The standard InChI is InChI=1S/C18H15FN4O2/c19-14-3-11(1-2-16(14)24)12-4-15-13(6-22-23-15)17(5-12)25-10-18(7-20)8-21-9-18/h1-6,21,24H,8-10H2,(H,22,23). The number of aromatic nitrogens is 2. The van der Waals surface area contributed by atoms with Crippen LogP contribution in [0, 0.1) is 22.6 Å². The van der Waals surface area contributed by atoms with Crippen molar-refractivity contribution in [2.75, 3.05) is 19.7 Å². The van der Waals surface area contributed by atoms with E-state index in [9.17, 15) is 14.8 Å². The summed E-state index contributed by atoms with van der Waals surface area (Å²) in [5.74, 6) is -0.499. The molecule has 1 aromatic heterocycles. The summed E-state index contributed by atoms with van der Waals surface area (Å²) in [5.41, 5.74) is 1.57. The molecule has 0 unspecified atom stereocenters. The van der Waals surface area contributed by atoms with E-state index in [0.717, 1.165) is 16.5 Å². The molecular weight excluding hydrogens is 323 g/mol. The van der Waals surface area contributed by atoms with Crippen LogP contribution in [-0.2, 0) is 0 Å². The largest absolute Gasteiger partial charge is 0.505 e. The van der Waals surface area contributed by atoms with Crippen molar-refractivity contribution in [2.45, 2.75) is 0 Å². The van der Waals surface area contributed by atoms with Crippen LogP contribution < -0.4 is 10.1 Å². The fraction of sp³-hybridized carbons (Fsp3) is 0.222. The molecule has 0 amide bonds. The highest BCUT2D eigenvalue weighted by Gasteiger charge is 2.38. The molecule has 2 heterocycles. The van der Waals surface area contributed by atoms with Gasteiger partial charge in [0.25, 0.3) is 0 Å². The zero-order valence-corrected chi connectivity index (χ0v) is 13.2. The number of nitrogens with one attached hydrogen (secondary N) is 2. The minimum Gasteiger partial charge on any atom is -0.505 e. The first kappa shape index (κ1) is 15.4. The van der Waals surface area contributed by atoms with Gasteiger partial charge in [-0.1, -0.05) is 6.07 Å². The van der Waals surface area contributed by atoms with Crippen LogP contribution >= 0.6 is 0 Å². The zero-order chi connectivity index (χ0) is 17.4. The fourth-order valence-corrected chi connectivity index (χ4v) is 2.85. The smallest absolute Gasteiger partial charge is 0.165 e. The van der Waals surface area contributed by atoms with E-state index in [2.05, 4.69) is 21.6 Å². The lowest BCUT2D eigenvalue weighted by Gasteiger charge is -2.35. The minimum absolute atomic E-state index is 0.268. The van der Waals surface area contributed by atoms with Gasteiger partial charge in [0, 0.05) is 13.1 Å². The van der Waals surface area contributed by atoms with E-state index in [0.29, 0.717) is 24.4 Å². The molecule has 3 N–H and O–H groups in total. The number of rotatable bonds is 4. The van der Waals surface area contributed by atoms with Crippen LogP contribution in [0.15, 0.2) is 36.5 Å². The van der Waals surface area contributed by atoms with Gasteiger partial charge in [-0.2, -0.15) is 10.4 Å². The Morgan fingerprint density at radius 2 is 2.12 bits per heavy atom. The number of hydrogen-bond donors (Lipinski definition) is 3. The van der Waals surface area contributed by atoms with Gasteiger partial charge in [-0.05, 0) is 35.4 Å². The summed E-state index contributed by atoms with van der Waals surface area (Å²) in [6.45, 7) is 1.46. The van der Waals surface area contributed by atoms with Crippen molar-refractivity contribution in [3.05, 3.63) is 42.3 Å². The first-order valence-corrected chi connectivity index (χ1v) is 7.81. The van der Waals surface area contributed by atoms with E-state index < -0.39 is 17.0 Å². The number of halogens is 1. The molecule has 0 bridgehead atoms. The normalized spacial score (nSPS) is 15.5. The molecule has 1 aliphatic rings. The minimum atomic E-state index is -0.686. The number of benzene rings is 2. The number of nitrogens with zero attached hydrogens (tertiary/aromatic N) is 2. The lowest BCUT2D eigenvalue weighted by molar-refractivity contribution is 0.139. The first-order valence-electron chi connectivity index (χ1n) is 7.81. The molecule has 0 saturated carbocycles. The van der Waals surface area contributed by atoms with E-state index in [1.807, 2.05) is 6.07 Å². The number of ether oxygens (including phenoxy) is 1. The quantitative estimate of drug-likeness (QED) is 0.680. The molecule has 25 heavy (non-hydrogen) atoms. The third-order valence-corrected chi connectivity index (χ3v) is 4.47. The maximum absolute atomic E-state index is 13.7. The van der Waals surface area contributed by atoms with Gasteiger partial charge in [0.15, 0.2) is 11.6 Å². The summed E-state index contributed by atoms with van der Waals surface area (Å²) in [6.07, 6.45) is 1.66. The Balaban J connectivity index is 1.72. The lowest BCUT2D eigenvalue weighted by Crippen LogP contribution is -2.55. The van der Waals surface area contributed by atoms with E-state index in [1.54, 1.807) is 18.3 Å². The Morgan fingerprint density at radius 3 is 2.80 bits per heavy atom. The maximum atomic E-state index is 13.7. The molecule has 0 spiro atoms. The van der Waals surface area contributed by atoms with Crippen LogP contribution in [0.2, 0.25) is 0 Å². The molecule has 2 aromatic carbocycles. The van der Waals surface area contributed by atoms with Crippen molar-refractivity contribution in [3.63, 3.8) is 0 Å². The monoisotopic (exact) mass is 338 g/mol. The maximum Gasteiger partial charge on any atom is 0.165 e. The lowest BCUT2D eigenvalue weighted by atomic mass is 9.84. The molecular formula is C18H15FN4O2. The van der Waals surface area contributed by atoms with Gasteiger partial charge in [0.05, 0.1) is 23.2 Å². The number of phenolic OH excluding ortho intramolecular Hbond substituents is 1. The summed E-state index contributed by atoms with van der Waals surface area (Å²) < 4.78 is 19.6. The van der Waals surface area contributed by atoms with Crippen molar-refractivity contribution in [1.82, 2.24) is 15.5 Å². The van der Waals surface area contributed by atoms with Crippen LogP contribution in [-0.4, -0.2) is 35.0 Å². The molecule has 4 rings (SSSR count). The van der Waals surface area contributed by atoms with Crippen LogP contribution in [0.1, 0.15) is 0 Å². The Morgan fingerprint density at radius 1 is 1.28 bits per heavy atom. The average Bonchev–Trinajstić information content (AvgIpc) is 3.05. The van der Waals surface area contributed by atoms with Gasteiger partial charge >= 0.3 is 0 Å². The van der Waals surface area contributed by atoms with Gasteiger partial charge in [0.1, 0.15) is 17.8 Å². The molecule has 6 nitrogen and oxygen atoms in total. The summed E-state index contributed by atoms with van der Waals surface area (Å²) in [7, 11) is 0. The highest BCUT2D eigenvalue weighted by Crippen LogP contribution is 2.34. The topological polar surface area (TPSA) is 94.0 Å². The van der Waals surface area contributed by atoms with Crippen LogP contribution in [0.4, 0.5) is 4.39 Å². The van der Waals surface area contributed by atoms with Crippen LogP contribution in [0.5, 0.6) is 11.5 Å². The average molecular weight is 338 g/mol. The van der Waals surface area contributed by atoms with Crippen molar-refractivity contribution in [3.8, 4) is 28.7 Å². The Hall–Kier alpha value is -3.11. The van der Waals surface area contributed by atoms with Gasteiger partial charge in [-0.3, -0.25) is 5.10 Å². The Kier molecular flexibility index (Phi) is 3.55. The summed E-state index contributed by atoms with van der Waals surface area (Å²) in [6, 6.07) is 10.1. The molecule has 3 aromatic rings. The fourth-order valence-electron chi connectivity index (χ4n) is 2.85. The number of aromatic amines is 1. The summed E-state index contributed by atoms with van der Waals surface area (Å²) in [5, 5.41) is 29.5. The number of phenols is 1. The SMILES string of the molecule is N#CC1(COc2cc(-c3ccc(O)c(F)c3)cc3[nH]ncc23)CNC1. The molecule has 7 heteroatoms. The Bertz CT molecular complexity index is 988. The molecule has 0 atom stereocenters. The number of aromatic hydroxyl groups is 1. The molecule has 126 valence electrons. The van der Waals surface area contributed by atoms with E-state index in [4.69, 9.17) is 4.74 Å². The third kappa shape index (κ3) is 2.66. The predicted octanol–water partition coefficient (Wildman–Crippen LogP) is 2.57. The van der Waals surface area contributed by atoms with Gasteiger partial charge in [-0.25, -0.2) is 4.39 Å². The van der Waals surface area contributed by atoms with Crippen molar-refractivity contribution >= 4 is 10.9 Å². The van der Waals surface area contributed by atoms with Crippen molar-refractivity contribution in [1.29, 1.82) is 5.26 Å². The summed E-state index contributed by atoms with van der Waals surface area (Å²) >= 11 is 0. The highest BCUT2D eigenvalue weighted by atomic mass is 19.1. The van der Waals surface area contributed by atoms with E-state index in [1.165, 1.54) is 12.1 Å². The van der Waals surface area contributed by atoms with Crippen molar-refractivity contribution in [2.24, 2.45) is 5.41 Å². The predicted molar refractivity (Wildman–Crippen MR) is 89.6 cm³/mol. The molecule has 0 aliphatic carbocycles. The van der Waals surface area contributed by atoms with Crippen LogP contribution in [0.3, 0.4) is 0 Å². The Labute approximate surface area is 142 Å².